The van der Waals surface area contributed by atoms with E-state index in [2.05, 4.69) is 15.5 Å². The molecule has 1 heterocycles. The first-order valence-electron chi connectivity index (χ1n) is 5.36. The lowest BCUT2D eigenvalue weighted by atomic mass is 10.3. The quantitative estimate of drug-likeness (QED) is 0.587. The molecule has 6 nitrogen and oxygen atoms in total. The number of rotatable bonds is 7. The lowest BCUT2D eigenvalue weighted by Gasteiger charge is -2.04. The minimum atomic E-state index is -0.0447. The fraction of sp³-hybridized carbons (Fsp3) is 0.600. The maximum absolute atomic E-state index is 11.4. The Morgan fingerprint density at radius 1 is 1.62 bits per heavy atom. The van der Waals surface area contributed by atoms with Gasteiger partial charge in [-0.05, 0) is 6.42 Å². The van der Waals surface area contributed by atoms with Crippen molar-refractivity contribution in [3.05, 3.63) is 11.8 Å². The molecular weight excluding hydrogens is 208 g/mol. The Morgan fingerprint density at radius 2 is 2.44 bits per heavy atom. The molecule has 0 bridgehead atoms. The van der Waals surface area contributed by atoms with Gasteiger partial charge >= 0.3 is 0 Å². The number of aromatic amines is 1. The highest BCUT2D eigenvalue weighted by molar-refractivity contribution is 5.76. The van der Waals surface area contributed by atoms with Gasteiger partial charge < -0.3 is 15.8 Å². The topological polar surface area (TPSA) is 93.0 Å². The van der Waals surface area contributed by atoms with Crippen LogP contribution in [0.1, 0.15) is 25.3 Å². The van der Waals surface area contributed by atoms with Crippen molar-refractivity contribution >= 4 is 11.7 Å². The molecule has 0 aliphatic rings. The molecule has 0 aliphatic carbocycles. The van der Waals surface area contributed by atoms with Gasteiger partial charge in [-0.2, -0.15) is 5.10 Å². The number of amides is 1. The van der Waals surface area contributed by atoms with Crippen molar-refractivity contribution in [3.63, 3.8) is 0 Å². The van der Waals surface area contributed by atoms with Crippen LogP contribution >= 0.6 is 0 Å². The van der Waals surface area contributed by atoms with Crippen LogP contribution in [0.5, 0.6) is 0 Å². The summed E-state index contributed by atoms with van der Waals surface area (Å²) in [7, 11) is 0. The van der Waals surface area contributed by atoms with Crippen molar-refractivity contribution in [1.82, 2.24) is 15.5 Å². The van der Waals surface area contributed by atoms with Gasteiger partial charge in [-0.15, -0.1) is 0 Å². The van der Waals surface area contributed by atoms with Crippen molar-refractivity contribution in [1.29, 1.82) is 0 Å². The van der Waals surface area contributed by atoms with Crippen molar-refractivity contribution < 1.29 is 9.53 Å². The molecule has 90 valence electrons. The van der Waals surface area contributed by atoms with E-state index in [0.717, 1.165) is 12.0 Å². The van der Waals surface area contributed by atoms with Gasteiger partial charge in [0, 0.05) is 25.1 Å². The molecule has 1 rings (SSSR count). The number of hydrogen-bond acceptors (Lipinski definition) is 4. The van der Waals surface area contributed by atoms with E-state index in [4.69, 9.17) is 10.5 Å². The zero-order valence-corrected chi connectivity index (χ0v) is 9.45. The highest BCUT2D eigenvalue weighted by Crippen LogP contribution is 2.04. The molecule has 0 aliphatic heterocycles. The third-order valence-electron chi connectivity index (χ3n) is 2.05. The molecule has 6 heteroatoms. The molecule has 4 N–H and O–H groups in total. The Bertz CT molecular complexity index is 324. The Labute approximate surface area is 94.5 Å². The van der Waals surface area contributed by atoms with Gasteiger partial charge in [0.15, 0.2) is 0 Å². The predicted octanol–water partition coefficient (Wildman–Crippen LogP) is 0.425. The number of nitrogens with zero attached hydrogens (tertiary/aromatic N) is 1. The average Bonchev–Trinajstić information content (AvgIpc) is 2.67. The third-order valence-corrected chi connectivity index (χ3v) is 2.05. The van der Waals surface area contributed by atoms with Crippen LogP contribution in [-0.4, -0.2) is 29.3 Å². The van der Waals surface area contributed by atoms with Gasteiger partial charge in [-0.25, -0.2) is 0 Å². The number of carbonyl (C=O) groups is 1. The molecule has 1 aromatic rings. The van der Waals surface area contributed by atoms with Crippen LogP contribution < -0.4 is 11.1 Å². The largest absolute Gasteiger partial charge is 0.384 e. The smallest absolute Gasteiger partial charge is 0.222 e. The summed E-state index contributed by atoms with van der Waals surface area (Å²) in [5, 5.41) is 9.11. The first-order valence-corrected chi connectivity index (χ1v) is 5.36. The lowest BCUT2D eigenvalue weighted by molar-refractivity contribution is -0.122. The van der Waals surface area contributed by atoms with Gasteiger partial charge in [0.05, 0.1) is 12.8 Å². The van der Waals surface area contributed by atoms with Crippen molar-refractivity contribution in [2.75, 3.05) is 18.9 Å². The van der Waals surface area contributed by atoms with E-state index < -0.39 is 0 Å². The summed E-state index contributed by atoms with van der Waals surface area (Å²) in [6, 6.07) is 0. The molecule has 0 saturated carbocycles. The van der Waals surface area contributed by atoms with Crippen LogP contribution in [0.25, 0.3) is 0 Å². The van der Waals surface area contributed by atoms with Gasteiger partial charge in [-0.1, -0.05) is 6.92 Å². The van der Waals surface area contributed by atoms with Gasteiger partial charge in [0.1, 0.15) is 5.82 Å². The number of aromatic nitrogens is 2. The van der Waals surface area contributed by atoms with Crippen molar-refractivity contribution in [3.8, 4) is 0 Å². The summed E-state index contributed by atoms with van der Waals surface area (Å²) in [5.74, 6) is 0.444. The molecule has 0 spiro atoms. The van der Waals surface area contributed by atoms with Crippen molar-refractivity contribution in [2.24, 2.45) is 0 Å². The molecule has 0 unspecified atom stereocenters. The predicted molar refractivity (Wildman–Crippen MR) is 60.6 cm³/mol. The van der Waals surface area contributed by atoms with E-state index in [1.807, 2.05) is 6.92 Å². The van der Waals surface area contributed by atoms with Gasteiger partial charge in [-0.3, -0.25) is 9.89 Å². The minimum absolute atomic E-state index is 0.0447. The molecule has 16 heavy (non-hydrogen) atoms. The summed E-state index contributed by atoms with van der Waals surface area (Å²) in [6.45, 7) is 3.58. The van der Waals surface area contributed by atoms with Gasteiger partial charge in [0.2, 0.25) is 5.91 Å². The highest BCUT2D eigenvalue weighted by Gasteiger charge is 2.04. The maximum Gasteiger partial charge on any atom is 0.222 e. The summed E-state index contributed by atoms with van der Waals surface area (Å²) >= 11 is 0. The second kappa shape index (κ2) is 6.84. The van der Waals surface area contributed by atoms with E-state index in [0.29, 0.717) is 32.0 Å². The Balaban J connectivity index is 2.13. The second-order valence-corrected chi connectivity index (χ2v) is 3.45. The number of nitrogens with two attached hydrogens (primary N) is 1. The molecule has 1 amide bonds. The first-order chi connectivity index (χ1) is 7.74. The molecule has 0 saturated heterocycles. The molecule has 1 aromatic heterocycles. The van der Waals surface area contributed by atoms with Crippen LogP contribution in [0.2, 0.25) is 0 Å². The summed E-state index contributed by atoms with van der Waals surface area (Å²) in [6.07, 6.45) is 2.94. The zero-order valence-electron chi connectivity index (χ0n) is 9.45. The van der Waals surface area contributed by atoms with Crippen LogP contribution in [0.3, 0.4) is 0 Å². The fourth-order valence-electron chi connectivity index (χ4n) is 1.16. The standard InChI is InChI=1S/C10H18N4O2/c1-2-4-16-5-3-9(15)12-6-8-7-13-14-10(8)11/h7H,2-6H2,1H3,(H,12,15)(H3,11,13,14). The van der Waals surface area contributed by atoms with Gasteiger partial charge in [0.25, 0.3) is 0 Å². The number of hydrogen-bond donors (Lipinski definition) is 3. The normalized spacial score (nSPS) is 10.3. The fourth-order valence-corrected chi connectivity index (χ4v) is 1.16. The number of carbonyl (C=O) groups excluding carboxylic acids is 1. The van der Waals surface area contributed by atoms with E-state index in [9.17, 15) is 4.79 Å². The van der Waals surface area contributed by atoms with Crippen LogP contribution in [0.15, 0.2) is 6.20 Å². The molecule has 0 aromatic carbocycles. The van der Waals surface area contributed by atoms with E-state index in [-0.39, 0.29) is 5.91 Å². The first kappa shape index (κ1) is 12.5. The van der Waals surface area contributed by atoms with E-state index >= 15 is 0 Å². The zero-order chi connectivity index (χ0) is 11.8. The molecule has 0 radical (unpaired) electrons. The third kappa shape index (κ3) is 4.31. The molecule has 0 fully saturated rings. The SMILES string of the molecule is CCCOCCC(=O)NCc1cn[nH]c1N. The average molecular weight is 226 g/mol. The van der Waals surface area contributed by atoms with Crippen LogP contribution in [0.4, 0.5) is 5.82 Å². The van der Waals surface area contributed by atoms with Crippen molar-refractivity contribution in [2.45, 2.75) is 26.3 Å². The lowest BCUT2D eigenvalue weighted by Crippen LogP contribution is -2.24. The number of H-pyrrole nitrogens is 1. The van der Waals surface area contributed by atoms with E-state index in [1.54, 1.807) is 6.20 Å². The second-order valence-electron chi connectivity index (χ2n) is 3.45. The van der Waals surface area contributed by atoms with Crippen LogP contribution in [0, 0.1) is 0 Å². The molecular formula is C10H18N4O2. The van der Waals surface area contributed by atoms with E-state index in [1.165, 1.54) is 0 Å². The number of nitrogen functional groups attached to an aromatic ring is 1. The number of ether oxygens (including phenoxy) is 1. The number of nitrogens with one attached hydrogen (secondary N) is 2. The maximum atomic E-state index is 11.4. The number of anilines is 1. The summed E-state index contributed by atoms with van der Waals surface area (Å²) in [4.78, 5) is 11.4. The van der Waals surface area contributed by atoms with Crippen LogP contribution in [-0.2, 0) is 16.1 Å². The minimum Gasteiger partial charge on any atom is -0.384 e. The summed E-state index contributed by atoms with van der Waals surface area (Å²) < 4.78 is 5.21. The highest BCUT2D eigenvalue weighted by atomic mass is 16.5. The summed E-state index contributed by atoms with van der Waals surface area (Å²) in [5.41, 5.74) is 6.37. The molecule has 0 atom stereocenters. The Kier molecular flexibility index (Phi) is 5.35. The monoisotopic (exact) mass is 226 g/mol. The Hall–Kier alpha value is -1.56. The Morgan fingerprint density at radius 3 is 3.06 bits per heavy atom.